The minimum Gasteiger partial charge on any atom is -0.349 e. The minimum atomic E-state index is 0.965. The molecule has 0 saturated carbocycles. The summed E-state index contributed by atoms with van der Waals surface area (Å²) >= 11 is 0. The van der Waals surface area contributed by atoms with Crippen LogP contribution in [0.15, 0.2) is 12.4 Å². The predicted molar refractivity (Wildman–Crippen MR) is 36.9 cm³/mol. The van der Waals surface area contributed by atoms with Crippen molar-refractivity contribution in [1.29, 1.82) is 0 Å². The quantitative estimate of drug-likeness (QED) is 0.635. The maximum atomic E-state index is 4.08. The van der Waals surface area contributed by atoms with E-state index < -0.39 is 0 Å². The van der Waals surface area contributed by atoms with E-state index in [0.717, 1.165) is 12.2 Å². The van der Waals surface area contributed by atoms with E-state index in [1.807, 2.05) is 6.20 Å². The third-order valence-electron chi connectivity index (χ3n) is 1.08. The fourth-order valence-corrected chi connectivity index (χ4v) is 0.730. The van der Waals surface area contributed by atoms with E-state index in [-0.39, 0.29) is 0 Å². The molecular weight excluding hydrogens is 112 g/mol. The molecule has 9 heavy (non-hydrogen) atoms. The van der Waals surface area contributed by atoms with Crippen LogP contribution in [0.3, 0.4) is 0 Å². The van der Waals surface area contributed by atoms with Crippen molar-refractivity contribution in [1.82, 2.24) is 9.97 Å². The molecule has 1 aromatic rings. The highest BCUT2D eigenvalue weighted by Crippen LogP contribution is 2.02. The molecule has 0 bridgehead atoms. The fraction of sp³-hybridized carbons (Fsp3) is 0.429. The fourth-order valence-electron chi connectivity index (χ4n) is 0.730. The second-order valence-electron chi connectivity index (χ2n) is 2.42. The molecule has 0 aromatic carbocycles. The number of aromatic amines is 1. The molecule has 0 unspecified atom stereocenters. The lowest BCUT2D eigenvalue weighted by molar-refractivity contribution is 0.890. The van der Waals surface area contributed by atoms with Gasteiger partial charge >= 0.3 is 0 Å². The van der Waals surface area contributed by atoms with Crippen LogP contribution in [0.1, 0.15) is 19.7 Å². The highest BCUT2D eigenvalue weighted by molar-refractivity contribution is 4.96. The van der Waals surface area contributed by atoms with Crippen LogP contribution in [0.25, 0.3) is 0 Å². The van der Waals surface area contributed by atoms with E-state index >= 15 is 0 Å². The van der Waals surface area contributed by atoms with E-state index in [4.69, 9.17) is 0 Å². The van der Waals surface area contributed by atoms with Crippen molar-refractivity contribution in [2.45, 2.75) is 20.3 Å². The van der Waals surface area contributed by atoms with Gasteiger partial charge in [0.1, 0.15) is 5.82 Å². The first kappa shape index (κ1) is 6.33. The van der Waals surface area contributed by atoms with Gasteiger partial charge in [-0.25, -0.2) is 4.98 Å². The van der Waals surface area contributed by atoms with Crippen LogP contribution in [0.2, 0.25) is 0 Å². The van der Waals surface area contributed by atoms with E-state index in [1.54, 1.807) is 6.20 Å². The Bertz CT molecular complexity index is 153. The molecule has 0 aliphatic rings. The summed E-state index contributed by atoms with van der Waals surface area (Å²) in [6, 6.07) is 0. The third-order valence-corrected chi connectivity index (χ3v) is 1.08. The van der Waals surface area contributed by atoms with Crippen LogP contribution in [0, 0.1) is 5.92 Å². The summed E-state index contributed by atoms with van der Waals surface area (Å²) in [6.07, 6.45) is 4.59. The zero-order valence-electron chi connectivity index (χ0n) is 5.81. The molecule has 49 valence electrons. The Morgan fingerprint density at radius 2 is 2.44 bits per heavy atom. The molecule has 1 rings (SSSR count). The molecule has 0 saturated heterocycles. The number of H-pyrrole nitrogens is 1. The summed E-state index contributed by atoms with van der Waals surface area (Å²) in [4.78, 5) is 7.12. The Labute approximate surface area is 55.3 Å². The SMILES string of the molecule is C[C](C)Cc1ncc[nH]1. The number of nitrogens with zero attached hydrogens (tertiary/aromatic N) is 1. The van der Waals surface area contributed by atoms with Crippen molar-refractivity contribution in [2.75, 3.05) is 0 Å². The highest BCUT2D eigenvalue weighted by atomic mass is 14.9. The van der Waals surface area contributed by atoms with Crippen LogP contribution < -0.4 is 0 Å². The maximum Gasteiger partial charge on any atom is 0.106 e. The third kappa shape index (κ3) is 1.88. The Hall–Kier alpha value is -0.790. The van der Waals surface area contributed by atoms with Crippen molar-refractivity contribution in [3.05, 3.63) is 24.1 Å². The first-order valence-electron chi connectivity index (χ1n) is 3.06. The molecule has 1 heterocycles. The Balaban J connectivity index is 2.48. The molecule has 0 amide bonds. The van der Waals surface area contributed by atoms with Gasteiger partial charge in [-0.3, -0.25) is 0 Å². The van der Waals surface area contributed by atoms with Crippen molar-refractivity contribution in [2.24, 2.45) is 0 Å². The van der Waals surface area contributed by atoms with Crippen LogP contribution >= 0.6 is 0 Å². The van der Waals surface area contributed by atoms with Crippen LogP contribution in [-0.4, -0.2) is 9.97 Å². The minimum absolute atomic E-state index is 0.965. The molecule has 1 N–H and O–H groups in total. The Morgan fingerprint density at radius 1 is 1.67 bits per heavy atom. The van der Waals surface area contributed by atoms with Crippen LogP contribution in [0.5, 0.6) is 0 Å². The van der Waals surface area contributed by atoms with Gasteiger partial charge in [-0.05, 0) is 5.92 Å². The smallest absolute Gasteiger partial charge is 0.106 e. The topological polar surface area (TPSA) is 28.7 Å². The second-order valence-corrected chi connectivity index (χ2v) is 2.42. The van der Waals surface area contributed by atoms with Gasteiger partial charge in [-0.1, -0.05) is 13.8 Å². The first-order valence-corrected chi connectivity index (χ1v) is 3.06. The maximum absolute atomic E-state index is 4.08. The zero-order valence-corrected chi connectivity index (χ0v) is 5.81. The number of imidazole rings is 1. The van der Waals surface area contributed by atoms with E-state index in [1.165, 1.54) is 5.92 Å². The number of rotatable bonds is 2. The summed E-state index contributed by atoms with van der Waals surface area (Å²) in [5.41, 5.74) is 0. The van der Waals surface area contributed by atoms with Crippen molar-refractivity contribution < 1.29 is 0 Å². The predicted octanol–water partition coefficient (Wildman–Crippen LogP) is 1.57. The standard InChI is InChI=1S/C7H11N2/c1-6(2)5-7-8-3-4-9-7/h3-4H,5H2,1-2H3,(H,8,9). The first-order chi connectivity index (χ1) is 4.29. The summed E-state index contributed by atoms with van der Waals surface area (Å²) < 4.78 is 0. The van der Waals surface area contributed by atoms with E-state index in [9.17, 15) is 0 Å². The van der Waals surface area contributed by atoms with Crippen molar-refractivity contribution >= 4 is 0 Å². The summed E-state index contributed by atoms with van der Waals surface area (Å²) in [7, 11) is 0. The van der Waals surface area contributed by atoms with Gasteiger partial charge in [0.25, 0.3) is 0 Å². The number of hydrogen-bond acceptors (Lipinski definition) is 1. The lowest BCUT2D eigenvalue weighted by atomic mass is 10.1. The highest BCUT2D eigenvalue weighted by Gasteiger charge is 1.97. The Morgan fingerprint density at radius 3 is 2.89 bits per heavy atom. The monoisotopic (exact) mass is 123 g/mol. The van der Waals surface area contributed by atoms with Gasteiger partial charge in [0.05, 0.1) is 0 Å². The van der Waals surface area contributed by atoms with Gasteiger partial charge in [0.15, 0.2) is 0 Å². The summed E-state index contributed by atoms with van der Waals surface area (Å²) in [5, 5.41) is 0. The van der Waals surface area contributed by atoms with Gasteiger partial charge in [0, 0.05) is 18.8 Å². The van der Waals surface area contributed by atoms with E-state index in [2.05, 4.69) is 23.8 Å². The van der Waals surface area contributed by atoms with Gasteiger partial charge < -0.3 is 4.98 Å². The lowest BCUT2D eigenvalue weighted by Crippen LogP contribution is -1.93. The molecule has 2 heteroatoms. The molecular formula is C7H11N2. The van der Waals surface area contributed by atoms with Crippen LogP contribution in [0.4, 0.5) is 0 Å². The molecule has 0 spiro atoms. The number of nitrogens with one attached hydrogen (secondary N) is 1. The van der Waals surface area contributed by atoms with Gasteiger partial charge in [0.2, 0.25) is 0 Å². The van der Waals surface area contributed by atoms with E-state index in [0.29, 0.717) is 0 Å². The average molecular weight is 123 g/mol. The largest absolute Gasteiger partial charge is 0.349 e. The summed E-state index contributed by atoms with van der Waals surface area (Å²) in [5.74, 6) is 2.43. The zero-order chi connectivity index (χ0) is 6.69. The van der Waals surface area contributed by atoms with Crippen LogP contribution in [-0.2, 0) is 6.42 Å². The second kappa shape index (κ2) is 2.67. The molecule has 1 aromatic heterocycles. The molecule has 1 radical (unpaired) electrons. The molecule has 2 nitrogen and oxygen atoms in total. The number of hydrogen-bond donors (Lipinski definition) is 1. The average Bonchev–Trinajstić information content (AvgIpc) is 2.15. The Kier molecular flexibility index (Phi) is 1.88. The van der Waals surface area contributed by atoms with Gasteiger partial charge in [-0.2, -0.15) is 0 Å². The molecule has 0 fully saturated rings. The molecule has 0 atom stereocenters. The van der Waals surface area contributed by atoms with Crippen molar-refractivity contribution in [3.8, 4) is 0 Å². The molecule has 0 aliphatic carbocycles. The molecule has 0 aliphatic heterocycles. The lowest BCUT2D eigenvalue weighted by Gasteiger charge is -1.97. The summed E-state index contributed by atoms with van der Waals surface area (Å²) in [6.45, 7) is 4.20. The number of aromatic nitrogens is 2. The van der Waals surface area contributed by atoms with Gasteiger partial charge in [-0.15, -0.1) is 0 Å². The van der Waals surface area contributed by atoms with Crippen molar-refractivity contribution in [3.63, 3.8) is 0 Å². The normalized spacial score (nSPS) is 10.6.